The van der Waals surface area contributed by atoms with Gasteiger partial charge in [-0.05, 0) is 24.3 Å². The number of ether oxygens (including phenoxy) is 1. The number of hydrogen-bond donors (Lipinski definition) is 1. The number of rotatable bonds is 5. The molecule has 0 unspecified atom stereocenters. The fourth-order valence-electron chi connectivity index (χ4n) is 2.79. The van der Waals surface area contributed by atoms with Gasteiger partial charge in [0, 0.05) is 49.8 Å². The van der Waals surface area contributed by atoms with Crippen molar-refractivity contribution in [3.05, 3.63) is 53.5 Å². The molecule has 9 heteroatoms. The van der Waals surface area contributed by atoms with Gasteiger partial charge in [-0.2, -0.15) is 5.26 Å². The van der Waals surface area contributed by atoms with E-state index < -0.39 is 5.91 Å². The second-order valence-corrected chi connectivity index (χ2v) is 6.46. The summed E-state index contributed by atoms with van der Waals surface area (Å²) in [4.78, 5) is 25.0. The van der Waals surface area contributed by atoms with Crippen LogP contribution in [0.15, 0.2) is 48.4 Å². The molecule has 2 aromatic rings. The molecule has 0 spiro atoms. The summed E-state index contributed by atoms with van der Waals surface area (Å²) in [5.74, 6) is 0.626. The van der Waals surface area contributed by atoms with Crippen LogP contribution in [0.5, 0.6) is 5.75 Å². The van der Waals surface area contributed by atoms with Crippen molar-refractivity contribution in [3.63, 3.8) is 0 Å². The Morgan fingerprint density at radius 2 is 2.00 bits per heavy atom. The molecule has 8 nitrogen and oxygen atoms in total. The predicted octanol–water partition coefficient (Wildman–Crippen LogP) is 2.31. The van der Waals surface area contributed by atoms with Gasteiger partial charge >= 0.3 is 0 Å². The Kier molecular flexibility index (Phi) is 6.29. The number of carbonyl (C=O) groups is 1. The van der Waals surface area contributed by atoms with Gasteiger partial charge in [-0.25, -0.2) is 9.97 Å². The lowest BCUT2D eigenvalue weighted by molar-refractivity contribution is -0.112. The fourth-order valence-corrected chi connectivity index (χ4v) is 2.97. The van der Waals surface area contributed by atoms with Crippen molar-refractivity contribution >= 4 is 29.1 Å². The van der Waals surface area contributed by atoms with Crippen molar-refractivity contribution in [2.24, 2.45) is 0 Å². The molecule has 1 aromatic carbocycles. The number of methoxy groups -OCH3 is 1. The van der Waals surface area contributed by atoms with Gasteiger partial charge in [0.1, 0.15) is 17.4 Å². The molecule has 1 N–H and O–H groups in total. The van der Waals surface area contributed by atoms with Crippen LogP contribution < -0.4 is 15.0 Å². The van der Waals surface area contributed by atoms with E-state index in [0.29, 0.717) is 48.6 Å². The first-order valence-corrected chi connectivity index (χ1v) is 9.01. The number of piperazine rings is 1. The van der Waals surface area contributed by atoms with E-state index in [1.807, 2.05) is 11.0 Å². The zero-order chi connectivity index (χ0) is 19.9. The Balaban J connectivity index is 1.65. The maximum Gasteiger partial charge on any atom is 0.267 e. The molecule has 1 aliphatic rings. The molecule has 1 aromatic heterocycles. The highest BCUT2D eigenvalue weighted by atomic mass is 35.5. The van der Waals surface area contributed by atoms with Gasteiger partial charge < -0.3 is 19.9 Å². The SMILES string of the molecule is COc1ccc(Cl)cc1NC(=O)/C(C#N)=C\N1CCN(c2ncccn2)CC1. The van der Waals surface area contributed by atoms with Crippen molar-refractivity contribution in [2.45, 2.75) is 0 Å². The van der Waals surface area contributed by atoms with E-state index in [1.54, 1.807) is 42.9 Å². The molecular formula is C19H19ClN6O2. The molecular weight excluding hydrogens is 380 g/mol. The van der Waals surface area contributed by atoms with Gasteiger partial charge in [0.15, 0.2) is 0 Å². The molecule has 2 heterocycles. The first-order chi connectivity index (χ1) is 13.6. The van der Waals surface area contributed by atoms with Gasteiger partial charge in [0.25, 0.3) is 5.91 Å². The third kappa shape index (κ3) is 4.69. The van der Waals surface area contributed by atoms with E-state index in [1.165, 1.54) is 7.11 Å². The highest BCUT2D eigenvalue weighted by molar-refractivity contribution is 6.31. The molecule has 1 fully saturated rings. The Morgan fingerprint density at radius 3 is 2.64 bits per heavy atom. The van der Waals surface area contributed by atoms with Crippen molar-refractivity contribution in [2.75, 3.05) is 43.5 Å². The molecule has 0 aliphatic carbocycles. The van der Waals surface area contributed by atoms with E-state index in [9.17, 15) is 10.1 Å². The topological polar surface area (TPSA) is 94.4 Å². The molecule has 1 saturated heterocycles. The number of halogens is 1. The average Bonchev–Trinajstić information content (AvgIpc) is 2.73. The van der Waals surface area contributed by atoms with Crippen molar-refractivity contribution < 1.29 is 9.53 Å². The zero-order valence-electron chi connectivity index (χ0n) is 15.3. The Labute approximate surface area is 168 Å². The molecule has 0 atom stereocenters. The fraction of sp³-hybridized carbons (Fsp3) is 0.263. The van der Waals surface area contributed by atoms with Crippen LogP contribution in [0, 0.1) is 11.3 Å². The Morgan fingerprint density at radius 1 is 1.29 bits per heavy atom. The quantitative estimate of drug-likeness (QED) is 0.610. The van der Waals surface area contributed by atoms with Crippen LogP contribution in [0.2, 0.25) is 5.02 Å². The average molecular weight is 399 g/mol. The maximum absolute atomic E-state index is 12.5. The molecule has 144 valence electrons. The zero-order valence-corrected chi connectivity index (χ0v) is 16.1. The number of nitrogens with zero attached hydrogens (tertiary/aromatic N) is 5. The van der Waals surface area contributed by atoms with Gasteiger partial charge in [-0.3, -0.25) is 4.79 Å². The Bertz CT molecular complexity index is 904. The van der Waals surface area contributed by atoms with Crippen LogP contribution in [-0.2, 0) is 4.79 Å². The Hall–Kier alpha value is -3.31. The molecule has 0 bridgehead atoms. The van der Waals surface area contributed by atoms with Crippen molar-refractivity contribution in [1.29, 1.82) is 5.26 Å². The molecule has 0 saturated carbocycles. The molecule has 1 aliphatic heterocycles. The van der Waals surface area contributed by atoms with E-state index in [2.05, 4.69) is 20.2 Å². The predicted molar refractivity (Wildman–Crippen MR) is 106 cm³/mol. The molecule has 3 rings (SSSR count). The molecule has 1 amide bonds. The van der Waals surface area contributed by atoms with Gasteiger partial charge in [0.2, 0.25) is 5.95 Å². The monoisotopic (exact) mass is 398 g/mol. The lowest BCUT2D eigenvalue weighted by Gasteiger charge is -2.34. The highest BCUT2D eigenvalue weighted by Gasteiger charge is 2.19. The third-order valence-corrected chi connectivity index (χ3v) is 4.47. The van der Waals surface area contributed by atoms with E-state index >= 15 is 0 Å². The summed E-state index contributed by atoms with van der Waals surface area (Å²) < 4.78 is 5.21. The van der Waals surface area contributed by atoms with Crippen LogP contribution in [0.25, 0.3) is 0 Å². The summed E-state index contributed by atoms with van der Waals surface area (Å²) in [5, 5.41) is 12.6. The summed E-state index contributed by atoms with van der Waals surface area (Å²) in [6.07, 6.45) is 4.99. The smallest absolute Gasteiger partial charge is 0.267 e. The van der Waals surface area contributed by atoms with Crippen molar-refractivity contribution in [1.82, 2.24) is 14.9 Å². The van der Waals surface area contributed by atoms with Crippen molar-refractivity contribution in [3.8, 4) is 11.8 Å². The summed E-state index contributed by atoms with van der Waals surface area (Å²) in [6.45, 7) is 2.69. The summed E-state index contributed by atoms with van der Waals surface area (Å²) in [6, 6.07) is 8.62. The second-order valence-electron chi connectivity index (χ2n) is 6.03. The summed E-state index contributed by atoms with van der Waals surface area (Å²) >= 11 is 5.98. The van der Waals surface area contributed by atoms with E-state index in [-0.39, 0.29) is 5.57 Å². The highest BCUT2D eigenvalue weighted by Crippen LogP contribution is 2.28. The third-order valence-electron chi connectivity index (χ3n) is 4.24. The number of amides is 1. The standard InChI is InChI=1S/C19H19ClN6O2/c1-28-17-4-3-15(20)11-16(17)24-18(27)14(12-21)13-25-7-9-26(10-8-25)19-22-5-2-6-23-19/h2-6,11,13H,7-10H2,1H3,(H,24,27)/b14-13-. The lowest BCUT2D eigenvalue weighted by Crippen LogP contribution is -2.45. The minimum Gasteiger partial charge on any atom is -0.495 e. The minimum atomic E-state index is -0.517. The van der Waals surface area contributed by atoms with Crippen LogP contribution in [0.4, 0.5) is 11.6 Å². The summed E-state index contributed by atoms with van der Waals surface area (Å²) in [7, 11) is 1.50. The molecule has 28 heavy (non-hydrogen) atoms. The number of carbonyl (C=O) groups excluding carboxylic acids is 1. The normalized spacial score (nSPS) is 14.4. The number of anilines is 2. The second kappa shape index (κ2) is 9.06. The number of hydrogen-bond acceptors (Lipinski definition) is 7. The number of benzene rings is 1. The van der Waals surface area contributed by atoms with Gasteiger partial charge in [0.05, 0.1) is 12.8 Å². The number of nitrogens with one attached hydrogen (secondary N) is 1. The van der Waals surface area contributed by atoms with Crippen LogP contribution in [0.1, 0.15) is 0 Å². The minimum absolute atomic E-state index is 0.00596. The number of aromatic nitrogens is 2. The van der Waals surface area contributed by atoms with E-state index in [4.69, 9.17) is 16.3 Å². The van der Waals surface area contributed by atoms with Crippen LogP contribution >= 0.6 is 11.6 Å². The number of nitriles is 1. The summed E-state index contributed by atoms with van der Waals surface area (Å²) in [5.41, 5.74) is 0.415. The van der Waals surface area contributed by atoms with E-state index in [0.717, 1.165) is 0 Å². The largest absolute Gasteiger partial charge is 0.495 e. The lowest BCUT2D eigenvalue weighted by atomic mass is 10.2. The van der Waals surface area contributed by atoms with Gasteiger partial charge in [-0.1, -0.05) is 11.6 Å². The molecule has 0 radical (unpaired) electrons. The maximum atomic E-state index is 12.5. The first kappa shape index (κ1) is 19.5. The van der Waals surface area contributed by atoms with Gasteiger partial charge in [-0.15, -0.1) is 0 Å². The van der Waals surface area contributed by atoms with Crippen LogP contribution in [0.3, 0.4) is 0 Å². The first-order valence-electron chi connectivity index (χ1n) is 8.63. The van der Waals surface area contributed by atoms with Crippen LogP contribution in [-0.4, -0.2) is 54.1 Å².